The second-order valence-corrected chi connectivity index (χ2v) is 7.78. The number of methoxy groups -OCH3 is 1. The zero-order chi connectivity index (χ0) is 24.5. The Balaban J connectivity index is 1.77. The van der Waals surface area contributed by atoms with Gasteiger partial charge in [-0.3, -0.25) is 4.79 Å². The van der Waals surface area contributed by atoms with Crippen molar-refractivity contribution in [2.24, 2.45) is 0 Å². The van der Waals surface area contributed by atoms with Gasteiger partial charge in [0.1, 0.15) is 24.0 Å². The van der Waals surface area contributed by atoms with Gasteiger partial charge in [0, 0.05) is 5.69 Å². The summed E-state index contributed by atoms with van der Waals surface area (Å²) in [5, 5.41) is 12.3. The van der Waals surface area contributed by atoms with Crippen LogP contribution in [0.15, 0.2) is 66.2 Å². The highest BCUT2D eigenvalue weighted by molar-refractivity contribution is 6.09. The molecule has 0 spiro atoms. The van der Waals surface area contributed by atoms with Crippen LogP contribution in [0.25, 0.3) is 6.08 Å². The van der Waals surface area contributed by atoms with Crippen molar-refractivity contribution in [3.05, 3.63) is 88.5 Å². The molecular weight excluding hydrogens is 428 g/mol. The first kappa shape index (κ1) is 24.4. The molecule has 6 nitrogen and oxygen atoms in total. The van der Waals surface area contributed by atoms with Crippen LogP contribution in [0.1, 0.15) is 29.2 Å². The van der Waals surface area contributed by atoms with Crippen LogP contribution in [0, 0.1) is 25.2 Å². The van der Waals surface area contributed by atoms with Crippen LogP contribution < -0.4 is 19.5 Å². The minimum Gasteiger partial charge on any atom is -0.497 e. The van der Waals surface area contributed by atoms with E-state index < -0.39 is 5.91 Å². The van der Waals surface area contributed by atoms with E-state index in [0.29, 0.717) is 41.7 Å². The highest BCUT2D eigenvalue weighted by Gasteiger charge is 2.12. The summed E-state index contributed by atoms with van der Waals surface area (Å²) in [7, 11) is 1.57. The van der Waals surface area contributed by atoms with Crippen LogP contribution in [-0.4, -0.2) is 19.6 Å². The van der Waals surface area contributed by atoms with Crippen molar-refractivity contribution in [3.8, 4) is 23.3 Å². The summed E-state index contributed by atoms with van der Waals surface area (Å²) in [5.41, 5.74) is 4.64. The maximum Gasteiger partial charge on any atom is 0.266 e. The molecule has 0 radical (unpaired) electrons. The Morgan fingerprint density at radius 1 is 0.971 bits per heavy atom. The van der Waals surface area contributed by atoms with Crippen molar-refractivity contribution < 1.29 is 19.0 Å². The predicted molar refractivity (Wildman–Crippen MR) is 133 cm³/mol. The van der Waals surface area contributed by atoms with E-state index in [4.69, 9.17) is 14.2 Å². The lowest BCUT2D eigenvalue weighted by molar-refractivity contribution is -0.112. The monoisotopic (exact) mass is 456 g/mol. The molecule has 0 aliphatic rings. The molecule has 0 aromatic heterocycles. The summed E-state index contributed by atoms with van der Waals surface area (Å²) in [6, 6.07) is 20.5. The summed E-state index contributed by atoms with van der Waals surface area (Å²) in [5.74, 6) is 1.32. The van der Waals surface area contributed by atoms with E-state index in [1.807, 2.05) is 13.0 Å². The van der Waals surface area contributed by atoms with Gasteiger partial charge in [0.05, 0.1) is 13.7 Å². The first-order valence-corrected chi connectivity index (χ1v) is 11.0. The molecule has 0 aliphatic carbocycles. The van der Waals surface area contributed by atoms with Gasteiger partial charge in [0.2, 0.25) is 0 Å². The third-order valence-corrected chi connectivity index (χ3v) is 4.97. The van der Waals surface area contributed by atoms with Crippen molar-refractivity contribution in [2.45, 2.75) is 27.4 Å². The summed E-state index contributed by atoms with van der Waals surface area (Å²) >= 11 is 0. The highest BCUT2D eigenvalue weighted by Crippen LogP contribution is 2.30. The fourth-order valence-corrected chi connectivity index (χ4v) is 3.50. The second kappa shape index (κ2) is 11.6. The molecule has 34 heavy (non-hydrogen) atoms. The molecule has 0 heterocycles. The van der Waals surface area contributed by atoms with Gasteiger partial charge in [-0.25, -0.2) is 0 Å². The molecule has 0 unspecified atom stereocenters. The minimum atomic E-state index is -0.499. The van der Waals surface area contributed by atoms with E-state index in [2.05, 4.69) is 37.4 Å². The van der Waals surface area contributed by atoms with Crippen LogP contribution in [0.2, 0.25) is 0 Å². The Labute approximate surface area is 200 Å². The molecule has 0 bridgehead atoms. The standard InChI is InChI=1S/C28H28N2O4/c1-5-33-27-16-21(6-11-26(27)34-18-22-13-19(2)12-20(3)14-22)15-23(17-29)28(31)30-24-7-9-25(32-4)10-8-24/h6-16H,5,18H2,1-4H3,(H,30,31)/b23-15+. The Bertz CT molecular complexity index is 1200. The van der Waals surface area contributed by atoms with Gasteiger partial charge in [-0.1, -0.05) is 35.4 Å². The van der Waals surface area contributed by atoms with Crippen molar-refractivity contribution in [2.75, 3.05) is 19.0 Å². The van der Waals surface area contributed by atoms with Crippen molar-refractivity contribution >= 4 is 17.7 Å². The van der Waals surface area contributed by atoms with Crippen molar-refractivity contribution in [1.82, 2.24) is 0 Å². The number of hydrogen-bond acceptors (Lipinski definition) is 5. The average molecular weight is 457 g/mol. The SMILES string of the molecule is CCOc1cc(/C=C(\C#N)C(=O)Nc2ccc(OC)cc2)ccc1OCc1cc(C)cc(C)c1. The van der Waals surface area contributed by atoms with E-state index in [1.165, 1.54) is 17.2 Å². The van der Waals surface area contributed by atoms with Crippen molar-refractivity contribution in [1.29, 1.82) is 5.26 Å². The van der Waals surface area contributed by atoms with Crippen molar-refractivity contribution in [3.63, 3.8) is 0 Å². The van der Waals surface area contributed by atoms with E-state index in [0.717, 1.165) is 5.56 Å². The number of nitriles is 1. The Morgan fingerprint density at radius 2 is 1.68 bits per heavy atom. The van der Waals surface area contributed by atoms with Gasteiger partial charge in [0.25, 0.3) is 5.91 Å². The first-order valence-electron chi connectivity index (χ1n) is 11.0. The number of hydrogen-bond donors (Lipinski definition) is 1. The van der Waals surface area contributed by atoms with Crippen LogP contribution >= 0.6 is 0 Å². The minimum absolute atomic E-state index is 0.0258. The number of carbonyl (C=O) groups excluding carboxylic acids is 1. The highest BCUT2D eigenvalue weighted by atomic mass is 16.5. The normalized spacial score (nSPS) is 10.9. The molecule has 0 aliphatic heterocycles. The largest absolute Gasteiger partial charge is 0.497 e. The fraction of sp³-hybridized carbons (Fsp3) is 0.214. The zero-order valence-electron chi connectivity index (χ0n) is 19.8. The smallest absolute Gasteiger partial charge is 0.266 e. The van der Waals surface area contributed by atoms with E-state index in [9.17, 15) is 10.1 Å². The lowest BCUT2D eigenvalue weighted by atomic mass is 10.1. The molecule has 0 saturated carbocycles. The molecular formula is C28H28N2O4. The molecule has 3 aromatic carbocycles. The summed E-state index contributed by atoms with van der Waals surface area (Å²) in [6.07, 6.45) is 1.52. The van der Waals surface area contributed by atoms with Gasteiger partial charge in [-0.2, -0.15) is 5.26 Å². The number of ether oxygens (including phenoxy) is 3. The topological polar surface area (TPSA) is 80.6 Å². The number of amides is 1. The average Bonchev–Trinajstić information content (AvgIpc) is 2.82. The summed E-state index contributed by atoms with van der Waals surface area (Å²) < 4.78 is 16.9. The second-order valence-electron chi connectivity index (χ2n) is 7.78. The molecule has 174 valence electrons. The van der Waals surface area contributed by atoms with Crippen LogP contribution in [0.3, 0.4) is 0 Å². The van der Waals surface area contributed by atoms with Gasteiger partial charge in [-0.05, 0) is 74.4 Å². The molecule has 1 N–H and O–H groups in total. The number of nitrogens with zero attached hydrogens (tertiary/aromatic N) is 1. The van der Waals surface area contributed by atoms with E-state index in [1.54, 1.807) is 49.6 Å². The molecule has 0 fully saturated rings. The number of nitrogens with one attached hydrogen (secondary N) is 1. The lowest BCUT2D eigenvalue weighted by Gasteiger charge is -2.13. The first-order chi connectivity index (χ1) is 16.4. The zero-order valence-corrected chi connectivity index (χ0v) is 19.8. The Kier molecular flexibility index (Phi) is 8.31. The third-order valence-electron chi connectivity index (χ3n) is 4.97. The van der Waals surface area contributed by atoms with Gasteiger partial charge in [0.15, 0.2) is 11.5 Å². The fourth-order valence-electron chi connectivity index (χ4n) is 3.50. The van der Waals surface area contributed by atoms with Gasteiger partial charge >= 0.3 is 0 Å². The van der Waals surface area contributed by atoms with E-state index >= 15 is 0 Å². The lowest BCUT2D eigenvalue weighted by Crippen LogP contribution is -2.13. The van der Waals surface area contributed by atoms with Gasteiger partial charge in [-0.15, -0.1) is 0 Å². The molecule has 0 atom stereocenters. The quantitative estimate of drug-likeness (QED) is 0.323. The van der Waals surface area contributed by atoms with Crippen LogP contribution in [0.5, 0.6) is 17.2 Å². The third kappa shape index (κ3) is 6.63. The molecule has 1 amide bonds. The maximum atomic E-state index is 12.6. The summed E-state index contributed by atoms with van der Waals surface area (Å²) in [4.78, 5) is 12.6. The Morgan fingerprint density at radius 3 is 2.29 bits per heavy atom. The predicted octanol–water partition coefficient (Wildman–Crippen LogP) is 5.84. The number of anilines is 1. The van der Waals surface area contributed by atoms with Gasteiger partial charge < -0.3 is 19.5 Å². The van der Waals surface area contributed by atoms with E-state index in [-0.39, 0.29) is 5.57 Å². The van der Waals surface area contributed by atoms with Crippen LogP contribution in [-0.2, 0) is 11.4 Å². The molecule has 0 saturated heterocycles. The molecule has 3 rings (SSSR count). The summed E-state index contributed by atoms with van der Waals surface area (Å²) in [6.45, 7) is 6.86. The number of carbonyl (C=O) groups is 1. The molecule has 3 aromatic rings. The number of rotatable bonds is 9. The molecule has 6 heteroatoms. The number of benzene rings is 3. The maximum absolute atomic E-state index is 12.6. The number of aryl methyl sites for hydroxylation is 2. The Hall–Kier alpha value is -4.24. The van der Waals surface area contributed by atoms with Crippen LogP contribution in [0.4, 0.5) is 5.69 Å².